The summed E-state index contributed by atoms with van der Waals surface area (Å²) in [5, 5.41) is 8.62. The van der Waals surface area contributed by atoms with Crippen LogP contribution in [0.15, 0.2) is 18.2 Å². The van der Waals surface area contributed by atoms with Crippen molar-refractivity contribution in [2.45, 2.75) is 6.85 Å². The Morgan fingerprint density at radius 3 is 2.91 bits per heavy atom. The average molecular weight is 157 g/mol. The number of benzene rings is 1. The highest BCUT2D eigenvalue weighted by Crippen LogP contribution is 2.11. The van der Waals surface area contributed by atoms with Crippen LogP contribution in [0.25, 0.3) is 0 Å². The number of carboxylic acids is 1. The van der Waals surface area contributed by atoms with Crippen LogP contribution in [-0.4, -0.2) is 11.1 Å². The number of hydrogen-bond donors (Lipinski definition) is 1. The Hall–Kier alpha value is -1.38. The third-order valence-corrected chi connectivity index (χ3v) is 1.23. The van der Waals surface area contributed by atoms with E-state index < -0.39 is 29.8 Å². The Morgan fingerprint density at radius 2 is 2.45 bits per heavy atom. The second-order valence-electron chi connectivity index (χ2n) is 1.97. The second kappa shape index (κ2) is 2.70. The molecule has 0 saturated heterocycles. The predicted molar refractivity (Wildman–Crippen MR) is 38.1 cm³/mol. The Balaban J connectivity index is 3.44. The number of aryl methyl sites for hydroxylation is 1. The van der Waals surface area contributed by atoms with Gasteiger partial charge in [-0.2, -0.15) is 0 Å². The molecule has 0 unspecified atom stereocenters. The minimum Gasteiger partial charge on any atom is -0.478 e. The van der Waals surface area contributed by atoms with Crippen molar-refractivity contribution < 1.29 is 18.4 Å². The molecule has 0 heterocycles. The number of carbonyl (C=O) groups is 1. The minimum atomic E-state index is -2.62. The van der Waals surface area contributed by atoms with Crippen LogP contribution in [-0.2, 0) is 0 Å². The molecule has 58 valence electrons. The maximum atomic E-state index is 13.0. The van der Waals surface area contributed by atoms with Crippen LogP contribution in [0, 0.1) is 12.7 Å². The molecule has 0 aliphatic carbocycles. The summed E-state index contributed by atoms with van der Waals surface area (Å²) in [6, 6.07) is 3.17. The SMILES string of the molecule is [2H]C([2H])([2H])c1cccc(F)c1C(=O)O. The quantitative estimate of drug-likeness (QED) is 0.675. The summed E-state index contributed by atoms with van der Waals surface area (Å²) >= 11 is 0. The van der Waals surface area contributed by atoms with Crippen molar-refractivity contribution in [3.05, 3.63) is 35.1 Å². The first-order chi connectivity index (χ1) is 6.34. The van der Waals surface area contributed by atoms with E-state index >= 15 is 0 Å². The van der Waals surface area contributed by atoms with Gasteiger partial charge in [0.15, 0.2) is 0 Å². The number of hydrogen-bond acceptors (Lipinski definition) is 1. The zero-order chi connectivity index (χ0) is 10.9. The van der Waals surface area contributed by atoms with E-state index in [1.807, 2.05) is 0 Å². The largest absolute Gasteiger partial charge is 0.478 e. The number of rotatable bonds is 1. The molecular formula is C8H7FO2. The molecule has 1 aromatic carbocycles. The number of halogens is 1. The van der Waals surface area contributed by atoms with E-state index in [1.165, 1.54) is 6.07 Å². The summed E-state index contributed by atoms with van der Waals surface area (Å²) in [6.07, 6.45) is 0. The lowest BCUT2D eigenvalue weighted by molar-refractivity contribution is 0.0691. The van der Waals surface area contributed by atoms with Gasteiger partial charge in [-0.25, -0.2) is 9.18 Å². The smallest absolute Gasteiger partial charge is 0.338 e. The monoisotopic (exact) mass is 157 g/mol. The van der Waals surface area contributed by atoms with E-state index in [4.69, 9.17) is 9.22 Å². The van der Waals surface area contributed by atoms with Crippen molar-refractivity contribution in [1.82, 2.24) is 0 Å². The van der Waals surface area contributed by atoms with Crippen LogP contribution in [0.1, 0.15) is 20.0 Å². The summed E-state index contributed by atoms with van der Waals surface area (Å²) in [5.74, 6) is -2.61. The van der Waals surface area contributed by atoms with Crippen molar-refractivity contribution in [3.63, 3.8) is 0 Å². The van der Waals surface area contributed by atoms with Crippen molar-refractivity contribution >= 4 is 5.97 Å². The average Bonchev–Trinajstić information content (AvgIpc) is 2.01. The molecule has 0 bridgehead atoms. The summed E-state index contributed by atoms with van der Waals surface area (Å²) in [4.78, 5) is 10.6. The molecule has 0 aliphatic rings. The lowest BCUT2D eigenvalue weighted by Crippen LogP contribution is -2.02. The summed E-state index contributed by atoms with van der Waals surface area (Å²) < 4.78 is 34.0. The highest BCUT2D eigenvalue weighted by atomic mass is 19.1. The first kappa shape index (κ1) is 4.49. The maximum absolute atomic E-state index is 13.0. The number of carboxylic acid groups (broad SMARTS) is 1. The minimum absolute atomic E-state index is 0.481. The first-order valence-corrected chi connectivity index (χ1v) is 2.86. The van der Waals surface area contributed by atoms with Gasteiger partial charge < -0.3 is 5.11 Å². The van der Waals surface area contributed by atoms with E-state index in [2.05, 4.69) is 0 Å². The Kier molecular flexibility index (Phi) is 1.10. The second-order valence-corrected chi connectivity index (χ2v) is 1.97. The van der Waals surface area contributed by atoms with E-state index in [-0.39, 0.29) is 0 Å². The molecule has 0 aromatic heterocycles. The Labute approximate surface area is 67.5 Å². The Bertz CT molecular complexity index is 373. The lowest BCUT2D eigenvalue weighted by Gasteiger charge is -1.99. The third-order valence-electron chi connectivity index (χ3n) is 1.23. The lowest BCUT2D eigenvalue weighted by atomic mass is 10.1. The normalized spacial score (nSPS) is 14.8. The molecule has 0 spiro atoms. The standard InChI is InChI=1S/C8H7FO2/c1-5-3-2-4-6(9)7(5)8(10)11/h2-4H,1H3,(H,10,11)/i1D3. The van der Waals surface area contributed by atoms with Crippen LogP contribution in [0.2, 0.25) is 0 Å². The van der Waals surface area contributed by atoms with Crippen LogP contribution >= 0.6 is 0 Å². The molecule has 11 heavy (non-hydrogen) atoms. The van der Waals surface area contributed by atoms with Crippen LogP contribution < -0.4 is 0 Å². The molecule has 0 aliphatic heterocycles. The highest BCUT2D eigenvalue weighted by Gasteiger charge is 2.11. The summed E-state index contributed by atoms with van der Waals surface area (Å²) in [7, 11) is 0. The fraction of sp³-hybridized carbons (Fsp3) is 0.125. The van der Waals surface area contributed by atoms with Gasteiger partial charge in [-0.3, -0.25) is 0 Å². The van der Waals surface area contributed by atoms with Gasteiger partial charge in [-0.05, 0) is 18.5 Å². The van der Waals surface area contributed by atoms with Crippen molar-refractivity contribution in [2.75, 3.05) is 0 Å². The molecule has 1 rings (SSSR count). The Morgan fingerprint density at radius 1 is 1.73 bits per heavy atom. The van der Waals surface area contributed by atoms with Crippen molar-refractivity contribution in [2.24, 2.45) is 0 Å². The maximum Gasteiger partial charge on any atom is 0.338 e. The predicted octanol–water partition coefficient (Wildman–Crippen LogP) is 1.83. The number of aromatic carboxylic acids is 1. The molecule has 0 radical (unpaired) electrons. The van der Waals surface area contributed by atoms with E-state index in [9.17, 15) is 9.18 Å². The molecule has 3 heteroatoms. The molecule has 1 N–H and O–H groups in total. The summed E-state index contributed by atoms with van der Waals surface area (Å²) in [6.45, 7) is -2.62. The molecule has 0 saturated carbocycles. The van der Waals surface area contributed by atoms with Crippen LogP contribution in [0.5, 0.6) is 0 Å². The van der Waals surface area contributed by atoms with Gasteiger partial charge in [0, 0.05) is 4.11 Å². The first-order valence-electron chi connectivity index (χ1n) is 4.36. The molecule has 0 fully saturated rings. The fourth-order valence-corrected chi connectivity index (χ4v) is 0.741. The molecule has 2 nitrogen and oxygen atoms in total. The van der Waals surface area contributed by atoms with Gasteiger partial charge in [-0.15, -0.1) is 0 Å². The van der Waals surface area contributed by atoms with Crippen molar-refractivity contribution in [1.29, 1.82) is 0 Å². The van der Waals surface area contributed by atoms with Crippen LogP contribution in [0.3, 0.4) is 0 Å². The van der Waals surface area contributed by atoms with Crippen molar-refractivity contribution in [3.8, 4) is 0 Å². The van der Waals surface area contributed by atoms with Gasteiger partial charge in [0.25, 0.3) is 0 Å². The van der Waals surface area contributed by atoms with E-state index in [0.29, 0.717) is 0 Å². The van der Waals surface area contributed by atoms with Gasteiger partial charge >= 0.3 is 5.97 Å². The zero-order valence-electron chi connectivity index (χ0n) is 8.47. The molecule has 0 amide bonds. The van der Waals surface area contributed by atoms with E-state index in [0.717, 1.165) is 12.1 Å². The third kappa shape index (κ3) is 1.37. The zero-order valence-corrected chi connectivity index (χ0v) is 5.47. The van der Waals surface area contributed by atoms with Crippen LogP contribution in [0.4, 0.5) is 4.39 Å². The molecule has 0 atom stereocenters. The summed E-state index contributed by atoms with van der Waals surface area (Å²) in [5.41, 5.74) is -1.27. The molecule has 1 aromatic rings. The van der Waals surface area contributed by atoms with Gasteiger partial charge in [-0.1, -0.05) is 12.1 Å². The highest BCUT2D eigenvalue weighted by molar-refractivity contribution is 5.89. The molecular weight excluding hydrogens is 147 g/mol. The fourth-order valence-electron chi connectivity index (χ4n) is 0.741. The van der Waals surface area contributed by atoms with Gasteiger partial charge in [0.05, 0.1) is 5.56 Å². The topological polar surface area (TPSA) is 37.3 Å². The van der Waals surface area contributed by atoms with Gasteiger partial charge in [0.2, 0.25) is 0 Å². The van der Waals surface area contributed by atoms with E-state index in [1.54, 1.807) is 0 Å². The van der Waals surface area contributed by atoms with Gasteiger partial charge in [0.1, 0.15) is 5.82 Å².